The standard InChI is InChI=1S/C40H44N4O6/c1-49-29-19-20-31-34(21-29)42-33(26-13-7-5-8-14-26)23-36(31)50-30-22-35-37(45)43-40(39(47)48)24-27(40)15-9-3-2-4-12-18-32(38(46)44(35)25-30)41-28-16-10-6-11-17-28/h5-8,10-11,13-14,16-17,19-21,23,27,30,32,35,41H,2-4,9,12,15,18,22,24-25H2,1H3,(H,43,45)(H,47,48)/t27-,30-,32+,35+,40-/m1/s1. The second kappa shape index (κ2) is 14.4. The van der Waals surface area contributed by atoms with Crippen LogP contribution in [0, 0.1) is 5.92 Å². The van der Waals surface area contributed by atoms with Gasteiger partial charge in [0.05, 0.1) is 24.9 Å². The van der Waals surface area contributed by atoms with Gasteiger partial charge in [0.15, 0.2) is 0 Å². The molecule has 0 unspecified atom stereocenters. The Labute approximate surface area is 292 Å². The van der Waals surface area contributed by atoms with Gasteiger partial charge < -0.3 is 30.1 Å². The molecule has 50 heavy (non-hydrogen) atoms. The van der Waals surface area contributed by atoms with Crippen LogP contribution in [0.4, 0.5) is 5.69 Å². The number of ether oxygens (including phenoxy) is 2. The number of carbonyl (C=O) groups is 3. The second-order valence-corrected chi connectivity index (χ2v) is 13.8. The number of aromatic nitrogens is 1. The Morgan fingerprint density at radius 2 is 1.66 bits per heavy atom. The summed E-state index contributed by atoms with van der Waals surface area (Å²) in [5, 5.41) is 17.4. The smallest absolute Gasteiger partial charge is 0.329 e. The van der Waals surface area contributed by atoms with E-state index < -0.39 is 35.6 Å². The van der Waals surface area contributed by atoms with Crippen molar-refractivity contribution in [3.05, 3.63) is 84.9 Å². The van der Waals surface area contributed by atoms with Crippen molar-refractivity contribution in [3.63, 3.8) is 0 Å². The Morgan fingerprint density at radius 3 is 2.40 bits per heavy atom. The van der Waals surface area contributed by atoms with E-state index in [2.05, 4.69) is 10.6 Å². The summed E-state index contributed by atoms with van der Waals surface area (Å²) in [6.07, 6.45) is 6.24. The van der Waals surface area contributed by atoms with Crippen molar-refractivity contribution >= 4 is 34.4 Å². The molecule has 3 N–H and O–H groups in total. The molecule has 2 aliphatic heterocycles. The molecule has 1 saturated carbocycles. The number of carboxylic acids is 1. The molecule has 7 rings (SSSR count). The molecule has 2 amide bonds. The molecule has 3 aromatic carbocycles. The van der Waals surface area contributed by atoms with Gasteiger partial charge in [-0.3, -0.25) is 9.59 Å². The van der Waals surface area contributed by atoms with E-state index in [9.17, 15) is 19.5 Å². The van der Waals surface area contributed by atoms with Crippen LogP contribution in [-0.4, -0.2) is 70.2 Å². The first-order valence-electron chi connectivity index (χ1n) is 17.7. The number of amides is 2. The summed E-state index contributed by atoms with van der Waals surface area (Å²) in [5.41, 5.74) is 1.87. The highest BCUT2D eigenvalue weighted by Gasteiger charge is 2.62. The summed E-state index contributed by atoms with van der Waals surface area (Å²) in [6, 6.07) is 25.5. The summed E-state index contributed by atoms with van der Waals surface area (Å²) in [7, 11) is 1.61. The maximum Gasteiger partial charge on any atom is 0.329 e. The van der Waals surface area contributed by atoms with Gasteiger partial charge in [-0.05, 0) is 49.4 Å². The normalized spacial score (nSPS) is 25.7. The van der Waals surface area contributed by atoms with Crippen molar-refractivity contribution in [1.29, 1.82) is 0 Å². The maximum absolute atomic E-state index is 14.5. The molecule has 260 valence electrons. The van der Waals surface area contributed by atoms with Crippen LogP contribution in [0.25, 0.3) is 22.2 Å². The van der Waals surface area contributed by atoms with Crippen LogP contribution in [0.15, 0.2) is 84.9 Å². The number of anilines is 1. The largest absolute Gasteiger partial charge is 0.497 e. The van der Waals surface area contributed by atoms with Crippen molar-refractivity contribution in [2.45, 2.75) is 81.5 Å². The lowest BCUT2D eigenvalue weighted by atomic mass is 10.0. The number of methoxy groups -OCH3 is 1. The summed E-state index contributed by atoms with van der Waals surface area (Å²) in [5.74, 6) is -0.522. The molecule has 4 aromatic rings. The highest BCUT2D eigenvalue weighted by atomic mass is 16.5. The van der Waals surface area contributed by atoms with Gasteiger partial charge in [-0.2, -0.15) is 0 Å². The molecule has 10 heteroatoms. The average Bonchev–Trinajstić information content (AvgIpc) is 3.67. The molecule has 3 fully saturated rings. The molecule has 2 saturated heterocycles. The quantitative estimate of drug-likeness (QED) is 0.204. The zero-order chi connectivity index (χ0) is 34.7. The number of carboxylic acid groups (broad SMARTS) is 1. The van der Waals surface area contributed by atoms with Crippen molar-refractivity contribution < 1.29 is 29.0 Å². The van der Waals surface area contributed by atoms with Crippen molar-refractivity contribution in [3.8, 4) is 22.8 Å². The minimum Gasteiger partial charge on any atom is -0.497 e. The van der Waals surface area contributed by atoms with Gasteiger partial charge in [0.25, 0.3) is 0 Å². The van der Waals surface area contributed by atoms with Crippen LogP contribution >= 0.6 is 0 Å². The Balaban J connectivity index is 1.22. The van der Waals surface area contributed by atoms with E-state index in [0.29, 0.717) is 29.9 Å². The molecule has 1 aromatic heterocycles. The number of pyridine rings is 1. The highest BCUT2D eigenvalue weighted by Crippen LogP contribution is 2.47. The van der Waals surface area contributed by atoms with E-state index in [0.717, 1.165) is 60.9 Å². The number of nitrogens with zero attached hydrogens (tertiary/aromatic N) is 2. The van der Waals surface area contributed by atoms with Crippen molar-refractivity contribution in [2.24, 2.45) is 5.92 Å². The number of benzene rings is 3. The first-order valence-corrected chi connectivity index (χ1v) is 17.7. The number of para-hydroxylation sites is 1. The first-order chi connectivity index (χ1) is 24.3. The molecule has 0 spiro atoms. The minimum absolute atomic E-state index is 0.115. The predicted octanol–water partition coefficient (Wildman–Crippen LogP) is 6.44. The van der Waals surface area contributed by atoms with Gasteiger partial charge in [0.1, 0.15) is 35.2 Å². The molecule has 0 radical (unpaired) electrons. The van der Waals surface area contributed by atoms with Crippen molar-refractivity contribution in [2.75, 3.05) is 19.0 Å². The number of hydrogen-bond donors (Lipinski definition) is 3. The molecular formula is C40H44N4O6. The summed E-state index contributed by atoms with van der Waals surface area (Å²) in [4.78, 5) is 47.7. The molecule has 0 bridgehead atoms. The Hall–Kier alpha value is -5.12. The third-order valence-electron chi connectivity index (χ3n) is 10.5. The van der Waals surface area contributed by atoms with Gasteiger partial charge in [0.2, 0.25) is 11.8 Å². The maximum atomic E-state index is 14.5. The van der Waals surface area contributed by atoms with Gasteiger partial charge >= 0.3 is 5.97 Å². The summed E-state index contributed by atoms with van der Waals surface area (Å²) in [6.45, 7) is 0.175. The van der Waals surface area contributed by atoms with Gasteiger partial charge in [-0.1, -0.05) is 80.6 Å². The monoisotopic (exact) mass is 676 g/mol. The van der Waals surface area contributed by atoms with Crippen LogP contribution in [0.2, 0.25) is 0 Å². The zero-order valence-electron chi connectivity index (χ0n) is 28.3. The Morgan fingerprint density at radius 1 is 0.940 bits per heavy atom. The van der Waals surface area contributed by atoms with E-state index in [1.807, 2.05) is 84.9 Å². The lowest BCUT2D eigenvalue weighted by molar-refractivity contribution is -0.145. The lowest BCUT2D eigenvalue weighted by Gasteiger charge is -2.30. The van der Waals surface area contributed by atoms with Crippen LogP contribution in [0.1, 0.15) is 57.8 Å². The molecule has 3 aliphatic rings. The Kier molecular flexibility index (Phi) is 9.61. The number of rotatable bonds is 7. The zero-order valence-corrected chi connectivity index (χ0v) is 28.3. The average molecular weight is 677 g/mol. The fraction of sp³-hybridized carbons (Fsp3) is 0.400. The predicted molar refractivity (Wildman–Crippen MR) is 191 cm³/mol. The number of aliphatic carboxylic acids is 1. The third-order valence-corrected chi connectivity index (χ3v) is 10.5. The number of hydrogen-bond acceptors (Lipinski definition) is 7. The van der Waals surface area contributed by atoms with E-state index in [1.165, 1.54) is 0 Å². The van der Waals surface area contributed by atoms with E-state index in [-0.39, 0.29) is 24.8 Å². The molecule has 1 aliphatic carbocycles. The van der Waals surface area contributed by atoms with E-state index in [1.54, 1.807) is 12.0 Å². The fourth-order valence-electron chi connectivity index (χ4n) is 7.62. The van der Waals surface area contributed by atoms with E-state index in [4.69, 9.17) is 14.5 Å². The number of carbonyl (C=O) groups excluding carboxylic acids is 2. The molecular weight excluding hydrogens is 632 g/mol. The topological polar surface area (TPSA) is 130 Å². The van der Waals surface area contributed by atoms with Crippen molar-refractivity contribution in [1.82, 2.24) is 15.2 Å². The van der Waals surface area contributed by atoms with Crippen LogP contribution in [0.5, 0.6) is 11.5 Å². The number of fused-ring (bicyclic) bond motifs is 3. The summed E-state index contributed by atoms with van der Waals surface area (Å²) >= 11 is 0. The van der Waals surface area contributed by atoms with Gasteiger partial charge in [-0.25, -0.2) is 9.78 Å². The second-order valence-electron chi connectivity index (χ2n) is 13.8. The SMILES string of the molecule is COc1ccc2c(O[C@@H]3C[C@H]4C(=O)N[C@]5(C(=O)O)C[C@H]5CCCCCCC[C@H](Nc5ccccc5)C(=O)N4C3)cc(-c3ccccc3)nc2c1. The van der Waals surface area contributed by atoms with Crippen LogP contribution in [-0.2, 0) is 14.4 Å². The third kappa shape index (κ3) is 6.97. The summed E-state index contributed by atoms with van der Waals surface area (Å²) < 4.78 is 12.2. The Bertz CT molecular complexity index is 1850. The number of nitrogens with one attached hydrogen (secondary N) is 2. The van der Waals surface area contributed by atoms with Crippen LogP contribution in [0.3, 0.4) is 0 Å². The van der Waals surface area contributed by atoms with E-state index >= 15 is 0 Å². The molecule has 3 heterocycles. The van der Waals surface area contributed by atoms with Crippen LogP contribution < -0.4 is 20.1 Å². The molecule has 5 atom stereocenters. The van der Waals surface area contributed by atoms with Gasteiger partial charge in [0, 0.05) is 35.2 Å². The fourth-order valence-corrected chi connectivity index (χ4v) is 7.62. The minimum atomic E-state index is -1.29. The first kappa shape index (κ1) is 33.4. The lowest BCUT2D eigenvalue weighted by Crippen LogP contribution is -2.55. The van der Waals surface area contributed by atoms with Gasteiger partial charge in [-0.15, -0.1) is 0 Å². The molecule has 10 nitrogen and oxygen atoms in total. The highest BCUT2D eigenvalue weighted by molar-refractivity contribution is 5.96.